The average Bonchev–Trinajstić information content (AvgIpc) is 2.89. The molecule has 14 heteroatoms. The predicted molar refractivity (Wildman–Crippen MR) is 101 cm³/mol. The third-order valence-electron chi connectivity index (χ3n) is 5.02. The van der Waals surface area contributed by atoms with Crippen LogP contribution in [0.1, 0.15) is 33.4 Å². The summed E-state index contributed by atoms with van der Waals surface area (Å²) in [6.07, 6.45) is -3.78. The maximum absolute atomic E-state index is 14.1. The standard InChI is InChI=1S/C17H24FN2O10P/c1-10(2)28-15(23)26-9-27-31(25)7-5-17(8-18)12(30-31)16(3,24)13(29-17)20-6-4-11(21)19-14(20)22/h4,6,10,12-13,24H,5,7-9H2,1-3H3,(H,19,21,22). The van der Waals surface area contributed by atoms with E-state index in [0.717, 1.165) is 16.8 Å². The fourth-order valence-electron chi connectivity index (χ4n) is 3.59. The summed E-state index contributed by atoms with van der Waals surface area (Å²) < 4.78 is 53.7. The second kappa shape index (κ2) is 8.47. The van der Waals surface area contributed by atoms with Crippen molar-refractivity contribution in [2.24, 2.45) is 0 Å². The van der Waals surface area contributed by atoms with Gasteiger partial charge in [0.15, 0.2) is 6.23 Å². The Bertz CT molecular complexity index is 992. The van der Waals surface area contributed by atoms with E-state index in [-0.39, 0.29) is 12.6 Å². The zero-order chi connectivity index (χ0) is 23.0. The lowest BCUT2D eigenvalue weighted by Crippen LogP contribution is -2.54. The summed E-state index contributed by atoms with van der Waals surface area (Å²) in [6.45, 7) is 2.58. The topological polar surface area (TPSA) is 155 Å². The van der Waals surface area contributed by atoms with Crippen LogP contribution in [0, 0.1) is 0 Å². The Kier molecular flexibility index (Phi) is 6.45. The minimum absolute atomic E-state index is 0.174. The molecule has 3 rings (SSSR count). The van der Waals surface area contributed by atoms with Gasteiger partial charge in [0.05, 0.1) is 12.3 Å². The third-order valence-corrected chi connectivity index (χ3v) is 6.82. The van der Waals surface area contributed by atoms with Crippen LogP contribution in [0.25, 0.3) is 0 Å². The highest BCUT2D eigenvalue weighted by molar-refractivity contribution is 7.53. The van der Waals surface area contributed by atoms with Crippen LogP contribution >= 0.6 is 7.60 Å². The van der Waals surface area contributed by atoms with Gasteiger partial charge in [-0.1, -0.05) is 0 Å². The van der Waals surface area contributed by atoms with Crippen molar-refractivity contribution in [2.45, 2.75) is 56.8 Å². The quantitative estimate of drug-likeness (QED) is 0.353. The molecule has 2 fully saturated rings. The van der Waals surface area contributed by atoms with E-state index in [4.69, 9.17) is 18.5 Å². The predicted octanol–water partition coefficient (Wildman–Crippen LogP) is 1.04. The molecule has 0 aromatic carbocycles. The Morgan fingerprint density at radius 2 is 2.19 bits per heavy atom. The second-order valence-corrected chi connectivity index (χ2v) is 9.93. The molecule has 0 amide bonds. The first-order valence-corrected chi connectivity index (χ1v) is 11.2. The molecule has 31 heavy (non-hydrogen) atoms. The van der Waals surface area contributed by atoms with Gasteiger partial charge in [0.2, 0.25) is 6.79 Å². The summed E-state index contributed by atoms with van der Waals surface area (Å²) >= 11 is 0. The number of alkyl halides is 1. The number of carbonyl (C=O) groups excluding carboxylic acids is 1. The summed E-state index contributed by atoms with van der Waals surface area (Å²) in [7, 11) is -3.93. The average molecular weight is 466 g/mol. The van der Waals surface area contributed by atoms with Crippen LogP contribution in [-0.2, 0) is 27.8 Å². The first kappa shape index (κ1) is 23.6. The van der Waals surface area contributed by atoms with E-state index in [9.17, 15) is 28.4 Å². The second-order valence-electron chi connectivity index (χ2n) is 7.79. The normalized spacial score (nSPS) is 35.0. The molecule has 2 aliphatic rings. The summed E-state index contributed by atoms with van der Waals surface area (Å²) in [5, 5.41) is 11.1. The van der Waals surface area contributed by atoms with E-state index >= 15 is 0 Å². The lowest BCUT2D eigenvalue weighted by Gasteiger charge is -2.41. The summed E-state index contributed by atoms with van der Waals surface area (Å²) in [4.78, 5) is 36.9. The highest BCUT2D eigenvalue weighted by atomic mass is 31.2. The Hall–Kier alpha value is -2.05. The van der Waals surface area contributed by atoms with Gasteiger partial charge in [-0.3, -0.25) is 28.0 Å². The number of aliphatic hydroxyl groups is 1. The first-order chi connectivity index (χ1) is 14.4. The first-order valence-electron chi connectivity index (χ1n) is 9.45. The molecule has 5 unspecified atom stereocenters. The van der Waals surface area contributed by atoms with E-state index in [2.05, 4.69) is 4.74 Å². The van der Waals surface area contributed by atoms with Crippen molar-refractivity contribution < 1.29 is 42.1 Å². The highest BCUT2D eigenvalue weighted by Crippen LogP contribution is 2.62. The molecule has 2 aliphatic heterocycles. The molecule has 0 bridgehead atoms. The number of nitrogens with zero attached hydrogens (tertiary/aromatic N) is 1. The molecule has 2 N–H and O–H groups in total. The fraction of sp³-hybridized carbons (Fsp3) is 0.706. The molecular weight excluding hydrogens is 442 g/mol. The molecule has 0 radical (unpaired) electrons. The van der Waals surface area contributed by atoms with Crippen molar-refractivity contribution in [1.82, 2.24) is 9.55 Å². The van der Waals surface area contributed by atoms with Crippen LogP contribution in [0.15, 0.2) is 21.9 Å². The van der Waals surface area contributed by atoms with Gasteiger partial charge in [-0.15, -0.1) is 0 Å². The Balaban J connectivity index is 1.80. The zero-order valence-corrected chi connectivity index (χ0v) is 18.0. The van der Waals surface area contributed by atoms with Gasteiger partial charge < -0.3 is 19.3 Å². The number of hydrogen-bond donors (Lipinski definition) is 2. The monoisotopic (exact) mass is 466 g/mol. The summed E-state index contributed by atoms with van der Waals surface area (Å²) in [5.74, 6) is 0. The number of fused-ring (bicyclic) bond motifs is 1. The van der Waals surface area contributed by atoms with E-state index in [1.807, 2.05) is 4.98 Å². The molecule has 3 heterocycles. The number of rotatable bonds is 6. The maximum Gasteiger partial charge on any atom is 0.510 e. The Morgan fingerprint density at radius 3 is 2.81 bits per heavy atom. The molecule has 0 spiro atoms. The van der Waals surface area contributed by atoms with Gasteiger partial charge in [-0.25, -0.2) is 14.0 Å². The van der Waals surface area contributed by atoms with Crippen LogP contribution in [0.4, 0.5) is 9.18 Å². The molecular formula is C17H24FN2O10P. The molecule has 2 saturated heterocycles. The van der Waals surface area contributed by atoms with Crippen molar-refractivity contribution >= 4 is 13.8 Å². The van der Waals surface area contributed by atoms with E-state index in [1.54, 1.807) is 13.8 Å². The van der Waals surface area contributed by atoms with Crippen LogP contribution in [0.5, 0.6) is 0 Å². The number of ether oxygens (including phenoxy) is 3. The largest absolute Gasteiger partial charge is 0.510 e. The van der Waals surface area contributed by atoms with E-state index in [0.29, 0.717) is 0 Å². The summed E-state index contributed by atoms with van der Waals surface area (Å²) in [6, 6.07) is 1.04. The summed E-state index contributed by atoms with van der Waals surface area (Å²) in [5.41, 5.74) is -5.30. The molecule has 5 atom stereocenters. The lowest BCUT2D eigenvalue weighted by atomic mass is 9.86. The fourth-order valence-corrected chi connectivity index (χ4v) is 5.48. The molecule has 1 aromatic rings. The third kappa shape index (κ3) is 4.60. The van der Waals surface area contributed by atoms with E-state index in [1.165, 1.54) is 6.92 Å². The van der Waals surface area contributed by atoms with Crippen molar-refractivity contribution in [3.05, 3.63) is 33.1 Å². The molecule has 1 aromatic heterocycles. The molecule has 174 valence electrons. The van der Waals surface area contributed by atoms with Crippen molar-refractivity contribution in [3.8, 4) is 0 Å². The van der Waals surface area contributed by atoms with Crippen LogP contribution in [-0.4, -0.2) is 63.9 Å². The Labute approximate surface area is 175 Å². The Morgan fingerprint density at radius 1 is 1.48 bits per heavy atom. The van der Waals surface area contributed by atoms with Gasteiger partial charge in [0, 0.05) is 12.3 Å². The van der Waals surface area contributed by atoms with Gasteiger partial charge in [-0.2, -0.15) is 0 Å². The number of H-pyrrole nitrogens is 1. The lowest BCUT2D eigenvalue weighted by molar-refractivity contribution is -0.125. The minimum atomic E-state index is -3.93. The molecule has 0 aliphatic carbocycles. The number of hydrogen-bond acceptors (Lipinski definition) is 10. The van der Waals surface area contributed by atoms with E-state index < -0.39 is 68.1 Å². The highest BCUT2D eigenvalue weighted by Gasteiger charge is 2.67. The number of nitrogens with one attached hydrogen (secondary N) is 1. The van der Waals surface area contributed by atoms with Gasteiger partial charge in [0.25, 0.3) is 5.56 Å². The zero-order valence-electron chi connectivity index (χ0n) is 17.1. The SMILES string of the molecule is CC(C)OC(=O)OCOP1(=O)CCC2(CF)OC(n3ccc(=O)[nH]c3=O)C(C)(O)C2O1. The smallest absolute Gasteiger partial charge is 0.432 e. The number of aromatic amines is 1. The number of aromatic nitrogens is 2. The number of halogens is 1. The van der Waals surface area contributed by atoms with Gasteiger partial charge in [-0.05, 0) is 27.2 Å². The molecule has 12 nitrogen and oxygen atoms in total. The van der Waals surface area contributed by atoms with Gasteiger partial charge >= 0.3 is 19.4 Å². The minimum Gasteiger partial charge on any atom is -0.432 e. The number of carbonyl (C=O) groups is 1. The van der Waals surface area contributed by atoms with Crippen molar-refractivity contribution in [3.63, 3.8) is 0 Å². The van der Waals surface area contributed by atoms with Crippen molar-refractivity contribution in [1.29, 1.82) is 0 Å². The van der Waals surface area contributed by atoms with Gasteiger partial charge in [0.1, 0.15) is 24.0 Å². The van der Waals surface area contributed by atoms with Crippen LogP contribution < -0.4 is 11.2 Å². The molecule has 0 saturated carbocycles. The maximum atomic E-state index is 14.1. The van der Waals surface area contributed by atoms with Crippen LogP contribution in [0.2, 0.25) is 0 Å². The van der Waals surface area contributed by atoms with Crippen molar-refractivity contribution in [2.75, 3.05) is 19.6 Å². The van der Waals surface area contributed by atoms with Crippen LogP contribution in [0.3, 0.4) is 0 Å².